The SMILES string of the molecule is CCCC(C)c1cc2cc(C(C)(C)C)ccc2[nH]1. The molecule has 0 fully saturated rings. The van der Waals surface area contributed by atoms with Crippen molar-refractivity contribution in [1.82, 2.24) is 4.98 Å². The van der Waals surface area contributed by atoms with Gasteiger partial charge >= 0.3 is 0 Å². The van der Waals surface area contributed by atoms with Gasteiger partial charge in [-0.25, -0.2) is 0 Å². The summed E-state index contributed by atoms with van der Waals surface area (Å²) in [6, 6.07) is 9.12. The van der Waals surface area contributed by atoms with E-state index in [1.807, 2.05) is 0 Å². The van der Waals surface area contributed by atoms with Crippen molar-refractivity contribution in [3.05, 3.63) is 35.5 Å². The van der Waals surface area contributed by atoms with E-state index >= 15 is 0 Å². The molecule has 1 atom stereocenters. The Morgan fingerprint density at radius 3 is 2.50 bits per heavy atom. The first kappa shape index (κ1) is 13.2. The number of H-pyrrole nitrogens is 1. The lowest BCUT2D eigenvalue weighted by Gasteiger charge is -2.18. The fourth-order valence-electron chi connectivity index (χ4n) is 2.48. The van der Waals surface area contributed by atoms with Crippen molar-refractivity contribution >= 4 is 10.9 Å². The number of hydrogen-bond acceptors (Lipinski definition) is 0. The second-order valence-electron chi connectivity index (χ2n) is 6.47. The maximum atomic E-state index is 3.56. The van der Waals surface area contributed by atoms with Gasteiger partial charge in [-0.15, -0.1) is 0 Å². The predicted octanol–water partition coefficient (Wildman–Crippen LogP) is 5.37. The molecule has 0 aliphatic heterocycles. The molecule has 1 nitrogen and oxygen atoms in total. The van der Waals surface area contributed by atoms with Crippen LogP contribution in [0.25, 0.3) is 10.9 Å². The number of nitrogens with one attached hydrogen (secondary N) is 1. The minimum absolute atomic E-state index is 0.223. The van der Waals surface area contributed by atoms with Gasteiger partial charge in [0.25, 0.3) is 0 Å². The Labute approximate surface area is 111 Å². The molecular formula is C17H25N. The second kappa shape index (κ2) is 4.79. The van der Waals surface area contributed by atoms with E-state index in [-0.39, 0.29) is 5.41 Å². The molecule has 2 aromatic rings. The summed E-state index contributed by atoms with van der Waals surface area (Å²) in [7, 11) is 0. The Morgan fingerprint density at radius 2 is 1.89 bits per heavy atom. The molecule has 0 aliphatic carbocycles. The summed E-state index contributed by atoms with van der Waals surface area (Å²) in [5.41, 5.74) is 4.27. The molecule has 0 spiro atoms. The van der Waals surface area contributed by atoms with Gasteiger partial charge < -0.3 is 4.98 Å². The molecule has 1 aromatic carbocycles. The van der Waals surface area contributed by atoms with Crippen LogP contribution < -0.4 is 0 Å². The van der Waals surface area contributed by atoms with Gasteiger partial charge in [0.15, 0.2) is 0 Å². The van der Waals surface area contributed by atoms with Crippen LogP contribution in [0, 0.1) is 0 Å². The van der Waals surface area contributed by atoms with Crippen LogP contribution >= 0.6 is 0 Å². The number of aromatic amines is 1. The molecule has 0 saturated carbocycles. The van der Waals surface area contributed by atoms with Gasteiger partial charge in [-0.3, -0.25) is 0 Å². The topological polar surface area (TPSA) is 15.8 Å². The molecule has 0 amide bonds. The Bertz CT molecular complexity index is 528. The molecule has 0 radical (unpaired) electrons. The van der Waals surface area contributed by atoms with Gasteiger partial charge in [-0.2, -0.15) is 0 Å². The van der Waals surface area contributed by atoms with E-state index in [2.05, 4.69) is 63.9 Å². The molecule has 98 valence electrons. The van der Waals surface area contributed by atoms with Gasteiger partial charge in [0.1, 0.15) is 0 Å². The highest BCUT2D eigenvalue weighted by molar-refractivity contribution is 5.81. The van der Waals surface area contributed by atoms with E-state index < -0.39 is 0 Å². The molecule has 1 aromatic heterocycles. The summed E-state index contributed by atoms with van der Waals surface area (Å²) in [6.45, 7) is 11.3. The molecule has 0 bridgehead atoms. The standard InChI is InChI=1S/C17H25N/c1-6-7-12(2)16-11-13-10-14(17(3,4)5)8-9-15(13)18-16/h8-12,18H,6-7H2,1-5H3. The third-order valence-corrected chi connectivity index (χ3v) is 3.76. The number of fused-ring (bicyclic) bond motifs is 1. The van der Waals surface area contributed by atoms with E-state index in [4.69, 9.17) is 0 Å². The first-order chi connectivity index (χ1) is 8.41. The summed E-state index contributed by atoms with van der Waals surface area (Å²) in [6.07, 6.45) is 2.49. The van der Waals surface area contributed by atoms with Crippen LogP contribution in [0.1, 0.15) is 64.6 Å². The highest BCUT2D eigenvalue weighted by Crippen LogP contribution is 2.29. The van der Waals surface area contributed by atoms with Crippen LogP contribution in [0.5, 0.6) is 0 Å². The second-order valence-corrected chi connectivity index (χ2v) is 6.47. The first-order valence-corrected chi connectivity index (χ1v) is 7.05. The highest BCUT2D eigenvalue weighted by Gasteiger charge is 2.15. The number of benzene rings is 1. The lowest BCUT2D eigenvalue weighted by Crippen LogP contribution is -2.10. The minimum atomic E-state index is 0.223. The van der Waals surface area contributed by atoms with Crippen molar-refractivity contribution in [1.29, 1.82) is 0 Å². The third kappa shape index (κ3) is 2.60. The molecule has 2 rings (SSSR count). The van der Waals surface area contributed by atoms with E-state index in [0.29, 0.717) is 5.92 Å². The fraction of sp³-hybridized carbons (Fsp3) is 0.529. The van der Waals surface area contributed by atoms with Crippen molar-refractivity contribution in [2.45, 2.75) is 58.8 Å². The average Bonchev–Trinajstić information content (AvgIpc) is 2.70. The van der Waals surface area contributed by atoms with Crippen LogP contribution in [0.3, 0.4) is 0 Å². The molecule has 0 saturated heterocycles. The molecule has 0 aliphatic rings. The third-order valence-electron chi connectivity index (χ3n) is 3.76. The van der Waals surface area contributed by atoms with E-state index in [9.17, 15) is 0 Å². The fourth-order valence-corrected chi connectivity index (χ4v) is 2.48. The monoisotopic (exact) mass is 243 g/mol. The van der Waals surface area contributed by atoms with Crippen molar-refractivity contribution in [2.24, 2.45) is 0 Å². The quantitative estimate of drug-likeness (QED) is 0.746. The molecule has 1 N–H and O–H groups in total. The lowest BCUT2D eigenvalue weighted by molar-refractivity contribution is 0.591. The van der Waals surface area contributed by atoms with Gasteiger partial charge in [0.2, 0.25) is 0 Å². The van der Waals surface area contributed by atoms with Crippen molar-refractivity contribution < 1.29 is 0 Å². The largest absolute Gasteiger partial charge is 0.358 e. The highest BCUT2D eigenvalue weighted by atomic mass is 14.7. The number of rotatable bonds is 3. The van der Waals surface area contributed by atoms with Crippen LogP contribution in [-0.4, -0.2) is 4.98 Å². The zero-order valence-corrected chi connectivity index (χ0v) is 12.3. The molecule has 18 heavy (non-hydrogen) atoms. The van der Waals surface area contributed by atoms with Gasteiger partial charge in [0, 0.05) is 11.2 Å². The Kier molecular flexibility index (Phi) is 3.52. The van der Waals surface area contributed by atoms with Crippen LogP contribution in [0.15, 0.2) is 24.3 Å². The van der Waals surface area contributed by atoms with Crippen molar-refractivity contribution in [3.63, 3.8) is 0 Å². The van der Waals surface area contributed by atoms with Gasteiger partial charge in [-0.1, -0.05) is 47.1 Å². The summed E-state index contributed by atoms with van der Waals surface area (Å²) in [5.74, 6) is 0.625. The summed E-state index contributed by atoms with van der Waals surface area (Å²) in [4.78, 5) is 3.56. The summed E-state index contributed by atoms with van der Waals surface area (Å²) in [5, 5.41) is 1.35. The number of hydrogen-bond donors (Lipinski definition) is 1. The number of aromatic nitrogens is 1. The average molecular weight is 243 g/mol. The zero-order chi connectivity index (χ0) is 13.3. The summed E-state index contributed by atoms with van der Waals surface area (Å²) >= 11 is 0. The minimum Gasteiger partial charge on any atom is -0.358 e. The van der Waals surface area contributed by atoms with Gasteiger partial charge in [0.05, 0.1) is 0 Å². The molecule has 1 heteroatoms. The molecule has 1 heterocycles. The first-order valence-electron chi connectivity index (χ1n) is 7.05. The molecular weight excluding hydrogens is 218 g/mol. The van der Waals surface area contributed by atoms with Crippen molar-refractivity contribution in [2.75, 3.05) is 0 Å². The van der Waals surface area contributed by atoms with E-state index in [1.54, 1.807) is 0 Å². The van der Waals surface area contributed by atoms with Crippen LogP contribution in [0.2, 0.25) is 0 Å². The smallest absolute Gasteiger partial charge is 0.0456 e. The molecule has 1 unspecified atom stereocenters. The maximum Gasteiger partial charge on any atom is 0.0456 e. The van der Waals surface area contributed by atoms with E-state index in [0.717, 1.165) is 0 Å². The Hall–Kier alpha value is -1.24. The van der Waals surface area contributed by atoms with E-state index in [1.165, 1.54) is 35.0 Å². The predicted molar refractivity (Wildman–Crippen MR) is 80.3 cm³/mol. The van der Waals surface area contributed by atoms with Gasteiger partial charge in [-0.05, 0) is 46.9 Å². The van der Waals surface area contributed by atoms with Crippen LogP contribution in [-0.2, 0) is 5.41 Å². The maximum absolute atomic E-state index is 3.56. The normalized spacial score (nSPS) is 14.1. The Balaban J connectivity index is 2.40. The van der Waals surface area contributed by atoms with Crippen LogP contribution in [0.4, 0.5) is 0 Å². The lowest BCUT2D eigenvalue weighted by atomic mass is 9.86. The summed E-state index contributed by atoms with van der Waals surface area (Å²) < 4.78 is 0. The van der Waals surface area contributed by atoms with Crippen molar-refractivity contribution in [3.8, 4) is 0 Å². The zero-order valence-electron chi connectivity index (χ0n) is 12.3. The Morgan fingerprint density at radius 1 is 1.17 bits per heavy atom.